The third-order valence-corrected chi connectivity index (χ3v) is 5.20. The van der Waals surface area contributed by atoms with Crippen molar-refractivity contribution >= 4 is 12.2 Å². The lowest BCUT2D eigenvalue weighted by Crippen LogP contribution is -2.35. The third kappa shape index (κ3) is 6.48. The van der Waals surface area contributed by atoms with E-state index in [1.54, 1.807) is 17.0 Å². The van der Waals surface area contributed by atoms with Gasteiger partial charge in [-0.15, -0.1) is 0 Å². The molecule has 0 saturated carbocycles. The van der Waals surface area contributed by atoms with Crippen molar-refractivity contribution in [2.75, 3.05) is 13.7 Å². The predicted octanol–water partition coefficient (Wildman–Crippen LogP) is 6.98. The van der Waals surface area contributed by atoms with E-state index in [-0.39, 0.29) is 6.04 Å². The monoisotopic (exact) mass is 431 g/mol. The first kappa shape index (κ1) is 24.3. The standard InChI is InChI=1S/C25H28F3NO2/c1-5-6-14-22-18(2)10-7-15-23(22)19(3)29(24(30)31-4)16-9-12-20-11-8-13-21(17-20)25(26,27)28/h5-8,10-11,13-15,17,19H,1,9,12,16H2,2-4H3/b14-6-/t19-/m1/s1. The van der Waals surface area contributed by atoms with Crippen molar-refractivity contribution in [3.05, 3.63) is 89.0 Å². The predicted molar refractivity (Wildman–Crippen MR) is 118 cm³/mol. The summed E-state index contributed by atoms with van der Waals surface area (Å²) in [5, 5.41) is 0. The fourth-order valence-electron chi connectivity index (χ4n) is 3.54. The minimum atomic E-state index is -4.37. The van der Waals surface area contributed by atoms with Crippen LogP contribution in [0.15, 0.2) is 61.2 Å². The molecule has 166 valence electrons. The molecule has 0 bridgehead atoms. The van der Waals surface area contributed by atoms with E-state index in [9.17, 15) is 18.0 Å². The second-order valence-electron chi connectivity index (χ2n) is 7.31. The van der Waals surface area contributed by atoms with Crippen LogP contribution in [0.4, 0.5) is 18.0 Å². The molecule has 0 N–H and O–H groups in total. The molecule has 1 amide bonds. The van der Waals surface area contributed by atoms with Gasteiger partial charge in [0, 0.05) is 6.54 Å². The topological polar surface area (TPSA) is 29.5 Å². The Hall–Kier alpha value is -3.02. The van der Waals surface area contributed by atoms with Gasteiger partial charge in [0.15, 0.2) is 0 Å². The number of hydrogen-bond donors (Lipinski definition) is 0. The van der Waals surface area contributed by atoms with Gasteiger partial charge in [-0.1, -0.05) is 61.2 Å². The number of ether oxygens (including phenoxy) is 1. The van der Waals surface area contributed by atoms with Gasteiger partial charge in [-0.05, 0) is 55.0 Å². The van der Waals surface area contributed by atoms with Crippen LogP contribution in [0.2, 0.25) is 0 Å². The molecule has 3 nitrogen and oxygen atoms in total. The highest BCUT2D eigenvalue weighted by molar-refractivity contribution is 5.69. The number of methoxy groups -OCH3 is 1. The van der Waals surface area contributed by atoms with E-state index >= 15 is 0 Å². The maximum atomic E-state index is 12.9. The maximum Gasteiger partial charge on any atom is 0.416 e. The molecule has 0 radical (unpaired) electrons. The molecule has 0 aliphatic heterocycles. The molecule has 0 aliphatic rings. The minimum absolute atomic E-state index is 0.279. The van der Waals surface area contributed by atoms with E-state index < -0.39 is 17.8 Å². The molecule has 0 unspecified atom stereocenters. The van der Waals surface area contributed by atoms with Gasteiger partial charge in [0.05, 0.1) is 18.7 Å². The molecule has 0 aliphatic carbocycles. The van der Waals surface area contributed by atoms with Crippen LogP contribution >= 0.6 is 0 Å². The van der Waals surface area contributed by atoms with E-state index in [0.29, 0.717) is 24.9 Å². The number of halogens is 3. The Morgan fingerprint density at radius 1 is 1.23 bits per heavy atom. The molecule has 1 atom stereocenters. The molecule has 31 heavy (non-hydrogen) atoms. The molecular weight excluding hydrogens is 403 g/mol. The maximum absolute atomic E-state index is 12.9. The number of alkyl halides is 3. The second kappa shape index (κ2) is 10.8. The van der Waals surface area contributed by atoms with Gasteiger partial charge in [0.1, 0.15) is 0 Å². The number of amides is 1. The fourth-order valence-corrected chi connectivity index (χ4v) is 3.54. The number of carbonyl (C=O) groups is 1. The summed E-state index contributed by atoms with van der Waals surface area (Å²) in [6.07, 6.45) is 1.56. The summed E-state index contributed by atoms with van der Waals surface area (Å²) in [6.45, 7) is 7.97. The van der Waals surface area contributed by atoms with Crippen LogP contribution in [0, 0.1) is 6.92 Å². The van der Waals surface area contributed by atoms with Crippen molar-refractivity contribution in [1.29, 1.82) is 0 Å². The summed E-state index contributed by atoms with van der Waals surface area (Å²) >= 11 is 0. The number of rotatable bonds is 8. The van der Waals surface area contributed by atoms with Crippen molar-refractivity contribution in [2.45, 2.75) is 38.9 Å². The Bertz CT molecular complexity index is 935. The third-order valence-electron chi connectivity index (χ3n) is 5.20. The van der Waals surface area contributed by atoms with Gasteiger partial charge in [-0.25, -0.2) is 4.79 Å². The summed E-state index contributed by atoms with van der Waals surface area (Å²) in [7, 11) is 1.32. The Kier molecular flexibility index (Phi) is 8.48. The van der Waals surface area contributed by atoms with Crippen LogP contribution in [0.5, 0.6) is 0 Å². The van der Waals surface area contributed by atoms with Gasteiger partial charge < -0.3 is 9.64 Å². The van der Waals surface area contributed by atoms with Crippen LogP contribution < -0.4 is 0 Å². The Morgan fingerprint density at radius 2 is 1.94 bits per heavy atom. The van der Waals surface area contributed by atoms with Gasteiger partial charge in [-0.3, -0.25) is 0 Å². The summed E-state index contributed by atoms with van der Waals surface area (Å²) in [5.41, 5.74) is 2.94. The molecule has 0 fully saturated rings. The Balaban J connectivity index is 2.20. The van der Waals surface area contributed by atoms with E-state index in [0.717, 1.165) is 28.8 Å². The molecule has 2 rings (SSSR count). The molecule has 0 heterocycles. The molecule has 0 aromatic heterocycles. The Labute approximate surface area is 181 Å². The zero-order chi connectivity index (χ0) is 23.0. The summed E-state index contributed by atoms with van der Waals surface area (Å²) in [5.74, 6) is 0. The number of allylic oxidation sites excluding steroid dienone is 2. The highest BCUT2D eigenvalue weighted by Crippen LogP contribution is 2.30. The zero-order valence-corrected chi connectivity index (χ0v) is 18.1. The van der Waals surface area contributed by atoms with Crippen molar-refractivity contribution in [3.63, 3.8) is 0 Å². The summed E-state index contributed by atoms with van der Waals surface area (Å²) < 4.78 is 43.8. The van der Waals surface area contributed by atoms with E-state index in [1.807, 2.05) is 44.2 Å². The number of aryl methyl sites for hydroxylation is 2. The minimum Gasteiger partial charge on any atom is -0.453 e. The smallest absolute Gasteiger partial charge is 0.416 e. The average Bonchev–Trinajstić information content (AvgIpc) is 2.74. The van der Waals surface area contributed by atoms with Crippen molar-refractivity contribution in [3.8, 4) is 0 Å². The van der Waals surface area contributed by atoms with Crippen molar-refractivity contribution < 1.29 is 22.7 Å². The first-order valence-corrected chi connectivity index (χ1v) is 10.1. The second-order valence-corrected chi connectivity index (χ2v) is 7.31. The number of nitrogens with zero attached hydrogens (tertiary/aromatic N) is 1. The lowest BCUT2D eigenvalue weighted by molar-refractivity contribution is -0.137. The highest BCUT2D eigenvalue weighted by atomic mass is 19.4. The molecule has 0 saturated heterocycles. The van der Waals surface area contributed by atoms with Crippen molar-refractivity contribution in [1.82, 2.24) is 4.90 Å². The Morgan fingerprint density at radius 3 is 2.58 bits per heavy atom. The first-order valence-electron chi connectivity index (χ1n) is 10.1. The van der Waals surface area contributed by atoms with Crippen LogP contribution in [0.25, 0.3) is 6.08 Å². The summed E-state index contributed by atoms with van der Waals surface area (Å²) in [4.78, 5) is 14.1. The van der Waals surface area contributed by atoms with E-state index in [4.69, 9.17) is 4.74 Å². The van der Waals surface area contributed by atoms with E-state index in [1.165, 1.54) is 13.2 Å². The van der Waals surface area contributed by atoms with Gasteiger partial charge in [0.2, 0.25) is 0 Å². The first-order chi connectivity index (χ1) is 14.7. The summed E-state index contributed by atoms with van der Waals surface area (Å²) in [6, 6.07) is 10.9. The van der Waals surface area contributed by atoms with Crippen LogP contribution in [-0.2, 0) is 17.3 Å². The lowest BCUT2D eigenvalue weighted by Gasteiger charge is -2.30. The van der Waals surface area contributed by atoms with E-state index in [2.05, 4.69) is 6.58 Å². The zero-order valence-electron chi connectivity index (χ0n) is 18.1. The normalized spacial score (nSPS) is 12.6. The highest BCUT2D eigenvalue weighted by Gasteiger charge is 2.30. The average molecular weight is 431 g/mol. The quantitative estimate of drug-likeness (QED) is 0.422. The molecule has 2 aromatic carbocycles. The number of benzene rings is 2. The van der Waals surface area contributed by atoms with Crippen LogP contribution in [0.1, 0.15) is 47.2 Å². The van der Waals surface area contributed by atoms with Gasteiger partial charge in [0.25, 0.3) is 0 Å². The number of hydrogen-bond acceptors (Lipinski definition) is 2. The van der Waals surface area contributed by atoms with Gasteiger partial charge in [-0.2, -0.15) is 13.2 Å². The lowest BCUT2D eigenvalue weighted by atomic mass is 9.95. The SMILES string of the molecule is C=C/C=C\c1c(C)cccc1[C@@H](C)N(CCCc1cccc(C(F)(F)F)c1)C(=O)OC. The molecule has 0 spiro atoms. The van der Waals surface area contributed by atoms with Crippen molar-refractivity contribution in [2.24, 2.45) is 0 Å². The molecular formula is C25H28F3NO2. The largest absolute Gasteiger partial charge is 0.453 e. The van der Waals surface area contributed by atoms with Gasteiger partial charge >= 0.3 is 12.3 Å². The molecule has 2 aromatic rings. The molecule has 6 heteroatoms. The van der Waals surface area contributed by atoms with Crippen LogP contribution in [0.3, 0.4) is 0 Å². The number of carbonyl (C=O) groups excluding carboxylic acids is 1. The fraction of sp³-hybridized carbons (Fsp3) is 0.320. The van der Waals surface area contributed by atoms with Crippen LogP contribution in [-0.4, -0.2) is 24.6 Å².